The zero-order valence-corrected chi connectivity index (χ0v) is 13.8. The monoisotopic (exact) mass is 333 g/mol. The first-order chi connectivity index (χ1) is 11.8. The van der Waals surface area contributed by atoms with E-state index in [-0.39, 0.29) is 5.82 Å². The van der Waals surface area contributed by atoms with Crippen molar-refractivity contribution in [1.82, 2.24) is 0 Å². The maximum absolute atomic E-state index is 13.7. The van der Waals surface area contributed by atoms with Crippen LogP contribution in [0.15, 0.2) is 106 Å². The van der Waals surface area contributed by atoms with Gasteiger partial charge in [0.15, 0.2) is 0 Å². The molecule has 0 heterocycles. The predicted molar refractivity (Wildman–Crippen MR) is 100 cm³/mol. The normalized spacial score (nSPS) is 11.8. The molecule has 3 rings (SSSR count). The fourth-order valence-electron chi connectivity index (χ4n) is 2.16. The highest BCUT2D eigenvalue weighted by atomic mass is 32.2. The van der Waals surface area contributed by atoms with E-state index < -0.39 is 0 Å². The maximum Gasteiger partial charge on any atom is 0.137 e. The van der Waals surface area contributed by atoms with Gasteiger partial charge in [0.2, 0.25) is 0 Å². The van der Waals surface area contributed by atoms with E-state index in [1.807, 2.05) is 78.2 Å². The summed E-state index contributed by atoms with van der Waals surface area (Å²) in [6, 6.07) is 26.5. The molecule has 0 bridgehead atoms. The summed E-state index contributed by atoms with van der Waals surface area (Å²) in [6.45, 7) is 0. The van der Waals surface area contributed by atoms with E-state index >= 15 is 0 Å². The first-order valence-electron chi connectivity index (χ1n) is 7.60. The van der Waals surface area contributed by atoms with Crippen molar-refractivity contribution in [2.75, 3.05) is 0 Å². The third kappa shape index (κ3) is 4.43. The molecule has 3 heteroatoms. The molecule has 0 unspecified atom stereocenters. The number of thioether (sulfide) groups is 1. The molecule has 0 amide bonds. The van der Waals surface area contributed by atoms with E-state index in [2.05, 4.69) is 0 Å². The molecule has 0 fully saturated rings. The Morgan fingerprint density at radius 3 is 2.12 bits per heavy atom. The minimum Gasteiger partial charge on any atom is -0.248 e. The summed E-state index contributed by atoms with van der Waals surface area (Å²) in [4.78, 5) is 5.30. The largest absolute Gasteiger partial charge is 0.248 e. The fourth-order valence-corrected chi connectivity index (χ4v) is 2.84. The molecule has 0 atom stereocenters. The Hall–Kier alpha value is -2.65. The lowest BCUT2D eigenvalue weighted by atomic mass is 10.1. The number of allylic oxidation sites excluding steroid dienone is 1. The Morgan fingerprint density at radius 2 is 1.42 bits per heavy atom. The van der Waals surface area contributed by atoms with E-state index in [4.69, 9.17) is 4.99 Å². The zero-order chi connectivity index (χ0) is 16.6. The fraction of sp³-hybridized carbons (Fsp3) is 0. The van der Waals surface area contributed by atoms with Crippen LogP contribution < -0.4 is 0 Å². The summed E-state index contributed by atoms with van der Waals surface area (Å²) in [5.41, 5.74) is 2.74. The molecule has 0 spiro atoms. The van der Waals surface area contributed by atoms with Crippen LogP contribution in [0.4, 0.5) is 10.1 Å². The van der Waals surface area contributed by atoms with Gasteiger partial charge in [-0.2, -0.15) is 0 Å². The molecule has 3 aromatic rings. The van der Waals surface area contributed by atoms with Crippen molar-refractivity contribution >= 4 is 23.2 Å². The van der Waals surface area contributed by atoms with Crippen molar-refractivity contribution in [2.45, 2.75) is 4.90 Å². The van der Waals surface area contributed by atoms with Gasteiger partial charge in [0.05, 0.1) is 11.4 Å². The van der Waals surface area contributed by atoms with Gasteiger partial charge in [0.25, 0.3) is 0 Å². The number of hydrogen-bond donors (Lipinski definition) is 0. The lowest BCUT2D eigenvalue weighted by Gasteiger charge is -2.03. The second-order valence-corrected chi connectivity index (χ2v) is 6.00. The van der Waals surface area contributed by atoms with Crippen molar-refractivity contribution in [3.05, 3.63) is 108 Å². The van der Waals surface area contributed by atoms with Gasteiger partial charge in [-0.25, -0.2) is 9.38 Å². The highest BCUT2D eigenvalue weighted by Gasteiger charge is 2.02. The Kier molecular flexibility index (Phi) is 5.59. The molecule has 0 aliphatic rings. The Labute approximate surface area is 145 Å². The second kappa shape index (κ2) is 8.27. The smallest absolute Gasteiger partial charge is 0.137 e. The molecule has 3 aromatic carbocycles. The van der Waals surface area contributed by atoms with Gasteiger partial charge in [-0.3, -0.25) is 0 Å². The van der Waals surface area contributed by atoms with Crippen molar-refractivity contribution in [1.29, 1.82) is 0 Å². The molecule has 0 radical (unpaired) electrons. The standard InChI is InChI=1S/C21H16FNS/c22-19-13-7-8-14-21(19)24-16-15-20(17-9-3-1-4-10-17)23-18-11-5-2-6-12-18/h1-16H. The zero-order valence-electron chi connectivity index (χ0n) is 13.0. The van der Waals surface area contributed by atoms with E-state index in [0.29, 0.717) is 4.90 Å². The van der Waals surface area contributed by atoms with Crippen LogP contribution in [0.25, 0.3) is 0 Å². The Balaban J connectivity index is 1.87. The quantitative estimate of drug-likeness (QED) is 0.397. The van der Waals surface area contributed by atoms with E-state index in [1.165, 1.54) is 17.8 Å². The summed E-state index contributed by atoms with van der Waals surface area (Å²) >= 11 is 1.34. The molecule has 0 aromatic heterocycles. The van der Waals surface area contributed by atoms with Crippen LogP contribution in [0.1, 0.15) is 5.56 Å². The maximum atomic E-state index is 13.7. The third-order valence-corrected chi connectivity index (χ3v) is 4.19. The number of benzene rings is 3. The number of rotatable bonds is 5. The van der Waals surface area contributed by atoms with Crippen LogP contribution >= 0.6 is 11.8 Å². The number of para-hydroxylation sites is 1. The summed E-state index contributed by atoms with van der Waals surface area (Å²) in [5.74, 6) is -0.214. The molecule has 24 heavy (non-hydrogen) atoms. The van der Waals surface area contributed by atoms with Crippen LogP contribution in [0.5, 0.6) is 0 Å². The van der Waals surface area contributed by atoms with Crippen LogP contribution in [0.3, 0.4) is 0 Å². The molecule has 0 aliphatic carbocycles. The summed E-state index contributed by atoms with van der Waals surface area (Å²) in [6.07, 6.45) is 1.92. The van der Waals surface area contributed by atoms with Gasteiger partial charge in [-0.05, 0) is 35.7 Å². The van der Waals surface area contributed by atoms with Gasteiger partial charge in [-0.15, -0.1) is 0 Å². The van der Waals surface area contributed by atoms with Crippen LogP contribution in [-0.2, 0) is 0 Å². The van der Waals surface area contributed by atoms with Crippen molar-refractivity contribution in [3.63, 3.8) is 0 Å². The summed E-state index contributed by atoms with van der Waals surface area (Å²) in [5, 5.41) is 1.87. The van der Waals surface area contributed by atoms with Gasteiger partial charge in [0, 0.05) is 10.5 Å². The van der Waals surface area contributed by atoms with Gasteiger partial charge in [0.1, 0.15) is 5.82 Å². The van der Waals surface area contributed by atoms with Crippen molar-refractivity contribution in [2.24, 2.45) is 4.99 Å². The molecule has 0 saturated carbocycles. The van der Waals surface area contributed by atoms with E-state index in [9.17, 15) is 4.39 Å². The molecule has 0 aliphatic heterocycles. The van der Waals surface area contributed by atoms with E-state index in [1.54, 1.807) is 12.1 Å². The molecule has 118 valence electrons. The number of hydrogen-bond acceptors (Lipinski definition) is 2. The lowest BCUT2D eigenvalue weighted by molar-refractivity contribution is 0.602. The SMILES string of the molecule is Fc1ccccc1SC=CC(=Nc1ccccc1)c1ccccc1. The molecule has 0 saturated heterocycles. The number of nitrogens with zero attached hydrogens (tertiary/aromatic N) is 1. The van der Waals surface area contributed by atoms with Crippen LogP contribution in [0, 0.1) is 5.82 Å². The summed E-state index contributed by atoms with van der Waals surface area (Å²) < 4.78 is 13.7. The summed E-state index contributed by atoms with van der Waals surface area (Å²) in [7, 11) is 0. The minimum absolute atomic E-state index is 0.214. The van der Waals surface area contributed by atoms with Gasteiger partial charge in [-0.1, -0.05) is 72.4 Å². The van der Waals surface area contributed by atoms with Crippen LogP contribution in [-0.4, -0.2) is 5.71 Å². The average Bonchev–Trinajstić information content (AvgIpc) is 2.64. The van der Waals surface area contributed by atoms with Crippen LogP contribution in [0.2, 0.25) is 0 Å². The third-order valence-electron chi connectivity index (χ3n) is 3.33. The Bertz CT molecular complexity index is 842. The number of halogens is 1. The van der Waals surface area contributed by atoms with Crippen molar-refractivity contribution in [3.8, 4) is 0 Å². The van der Waals surface area contributed by atoms with Gasteiger partial charge >= 0.3 is 0 Å². The Morgan fingerprint density at radius 1 is 0.792 bits per heavy atom. The van der Waals surface area contributed by atoms with Crippen molar-refractivity contribution < 1.29 is 4.39 Å². The molecule has 0 N–H and O–H groups in total. The van der Waals surface area contributed by atoms with Gasteiger partial charge < -0.3 is 0 Å². The lowest BCUT2D eigenvalue weighted by Crippen LogP contribution is -1.95. The first kappa shape index (κ1) is 16.2. The highest BCUT2D eigenvalue weighted by molar-refractivity contribution is 8.02. The highest BCUT2D eigenvalue weighted by Crippen LogP contribution is 2.23. The average molecular weight is 333 g/mol. The molecular weight excluding hydrogens is 317 g/mol. The second-order valence-electron chi connectivity index (χ2n) is 5.05. The topological polar surface area (TPSA) is 12.4 Å². The molecule has 1 nitrogen and oxygen atoms in total. The van der Waals surface area contributed by atoms with E-state index in [0.717, 1.165) is 17.0 Å². The first-order valence-corrected chi connectivity index (χ1v) is 8.48. The molecular formula is C21H16FNS. The number of aliphatic imine (C=N–C) groups is 1. The predicted octanol–water partition coefficient (Wildman–Crippen LogP) is 6.25. The minimum atomic E-state index is -0.214.